The summed E-state index contributed by atoms with van der Waals surface area (Å²) in [5.74, 6) is -0.0586. The van der Waals surface area contributed by atoms with Crippen molar-refractivity contribution < 1.29 is 14.5 Å². The van der Waals surface area contributed by atoms with Crippen molar-refractivity contribution in [3.63, 3.8) is 0 Å². The quantitative estimate of drug-likeness (QED) is 0.283. The van der Waals surface area contributed by atoms with Crippen molar-refractivity contribution >= 4 is 50.5 Å². The molecule has 11 heteroatoms. The van der Waals surface area contributed by atoms with Gasteiger partial charge in [0.25, 0.3) is 11.6 Å². The average molecular weight is 504 g/mol. The number of amides is 1. The Morgan fingerprint density at radius 3 is 2.65 bits per heavy atom. The van der Waals surface area contributed by atoms with E-state index in [9.17, 15) is 14.9 Å². The van der Waals surface area contributed by atoms with E-state index in [4.69, 9.17) is 17.0 Å². The highest BCUT2D eigenvalue weighted by atomic mass is 79.9. The number of carbonyl (C=O) groups is 1. The lowest BCUT2D eigenvalue weighted by Gasteiger charge is -2.11. The first-order valence-electron chi connectivity index (χ1n) is 9.16. The number of hydrogen-bond acceptors (Lipinski definition) is 6. The summed E-state index contributed by atoms with van der Waals surface area (Å²) in [7, 11) is 0. The molecule has 3 rings (SSSR count). The number of nitro benzene ring substituents is 1. The van der Waals surface area contributed by atoms with E-state index < -0.39 is 10.8 Å². The lowest BCUT2D eigenvalue weighted by Crippen LogP contribution is -2.34. The fourth-order valence-corrected chi connectivity index (χ4v) is 3.26. The zero-order valence-electron chi connectivity index (χ0n) is 16.4. The number of rotatable bonds is 7. The van der Waals surface area contributed by atoms with Crippen molar-refractivity contribution in [1.82, 2.24) is 15.1 Å². The Bertz CT molecular complexity index is 1120. The molecule has 2 aromatic carbocycles. The van der Waals surface area contributed by atoms with Gasteiger partial charge in [-0.25, -0.2) is 0 Å². The minimum Gasteiger partial charge on any atom is -0.494 e. The van der Waals surface area contributed by atoms with Crippen LogP contribution in [0.15, 0.2) is 59.3 Å². The van der Waals surface area contributed by atoms with Gasteiger partial charge < -0.3 is 10.1 Å². The van der Waals surface area contributed by atoms with E-state index in [-0.39, 0.29) is 16.5 Å². The number of nitro groups is 1. The van der Waals surface area contributed by atoms with Gasteiger partial charge in [0.15, 0.2) is 5.11 Å². The van der Waals surface area contributed by atoms with Crippen molar-refractivity contribution in [2.75, 3.05) is 11.9 Å². The molecule has 0 atom stereocenters. The zero-order valence-corrected chi connectivity index (χ0v) is 18.8. The summed E-state index contributed by atoms with van der Waals surface area (Å²) >= 11 is 8.49. The first kappa shape index (κ1) is 22.4. The third-order valence-electron chi connectivity index (χ3n) is 4.11. The van der Waals surface area contributed by atoms with Gasteiger partial charge >= 0.3 is 0 Å². The molecule has 160 valence electrons. The molecule has 0 saturated heterocycles. The zero-order chi connectivity index (χ0) is 22.4. The minimum atomic E-state index is -0.549. The van der Waals surface area contributed by atoms with Crippen LogP contribution in [0.2, 0.25) is 0 Å². The summed E-state index contributed by atoms with van der Waals surface area (Å²) in [6.45, 7) is 2.73. The molecule has 0 aliphatic carbocycles. The van der Waals surface area contributed by atoms with Crippen LogP contribution in [0.3, 0.4) is 0 Å². The lowest BCUT2D eigenvalue weighted by atomic mass is 10.1. The highest BCUT2D eigenvalue weighted by molar-refractivity contribution is 9.10. The summed E-state index contributed by atoms with van der Waals surface area (Å²) in [6.07, 6.45) is 3.55. The van der Waals surface area contributed by atoms with Gasteiger partial charge in [0.05, 0.1) is 34.8 Å². The maximum atomic E-state index is 12.5. The maximum absolute atomic E-state index is 12.5. The smallest absolute Gasteiger partial charge is 0.296 e. The Kier molecular flexibility index (Phi) is 7.32. The topological polar surface area (TPSA) is 111 Å². The standard InChI is InChI=1S/C20H18BrN5O4S/c1-2-30-16-7-8-17(18(9-16)26(28)29)23-20(31)24-19(27)14-5-3-13(4-6-14)11-25-12-15(21)10-22-25/h3-10,12H,2,11H2,1H3,(H2,23,24,27,31). The van der Waals surface area contributed by atoms with E-state index in [1.165, 1.54) is 12.1 Å². The van der Waals surface area contributed by atoms with Gasteiger partial charge in [-0.2, -0.15) is 5.10 Å². The van der Waals surface area contributed by atoms with Gasteiger partial charge in [-0.1, -0.05) is 12.1 Å². The molecule has 0 fully saturated rings. The summed E-state index contributed by atoms with van der Waals surface area (Å²) in [5, 5.41) is 20.7. The molecule has 31 heavy (non-hydrogen) atoms. The van der Waals surface area contributed by atoms with Crippen LogP contribution in [0, 0.1) is 10.1 Å². The van der Waals surface area contributed by atoms with E-state index >= 15 is 0 Å². The van der Waals surface area contributed by atoms with E-state index in [0.29, 0.717) is 24.5 Å². The third-order valence-corrected chi connectivity index (χ3v) is 4.73. The molecule has 1 amide bonds. The first-order chi connectivity index (χ1) is 14.9. The van der Waals surface area contributed by atoms with Gasteiger partial charge in [-0.15, -0.1) is 0 Å². The summed E-state index contributed by atoms with van der Waals surface area (Å²) < 4.78 is 7.94. The number of thiocarbonyl (C=S) groups is 1. The monoisotopic (exact) mass is 503 g/mol. The molecule has 0 aliphatic heterocycles. The fourth-order valence-electron chi connectivity index (χ4n) is 2.73. The predicted octanol–water partition coefficient (Wildman–Crippen LogP) is 4.13. The Morgan fingerprint density at radius 1 is 1.29 bits per heavy atom. The van der Waals surface area contributed by atoms with Crippen LogP contribution < -0.4 is 15.4 Å². The highest BCUT2D eigenvalue weighted by Crippen LogP contribution is 2.29. The van der Waals surface area contributed by atoms with Gasteiger partial charge in [-0.3, -0.25) is 24.9 Å². The summed E-state index contributed by atoms with van der Waals surface area (Å²) in [6, 6.07) is 11.3. The number of hydrogen-bond donors (Lipinski definition) is 2. The van der Waals surface area contributed by atoms with Gasteiger partial charge in [-0.05, 0) is 64.9 Å². The number of halogens is 1. The second-order valence-electron chi connectivity index (χ2n) is 6.33. The number of benzene rings is 2. The largest absolute Gasteiger partial charge is 0.494 e. The molecule has 1 aromatic heterocycles. The van der Waals surface area contributed by atoms with Crippen molar-refractivity contribution in [3.8, 4) is 5.75 Å². The molecule has 0 saturated carbocycles. The molecule has 0 spiro atoms. The highest BCUT2D eigenvalue weighted by Gasteiger charge is 2.17. The van der Waals surface area contributed by atoms with Crippen molar-refractivity contribution in [1.29, 1.82) is 0 Å². The maximum Gasteiger partial charge on any atom is 0.296 e. The van der Waals surface area contributed by atoms with E-state index in [0.717, 1.165) is 10.0 Å². The second-order valence-corrected chi connectivity index (χ2v) is 7.65. The Labute approximate surface area is 191 Å². The lowest BCUT2D eigenvalue weighted by molar-refractivity contribution is -0.384. The SMILES string of the molecule is CCOc1ccc(NC(=S)NC(=O)c2ccc(Cn3cc(Br)cn3)cc2)c([N+](=O)[O-])c1. The van der Waals surface area contributed by atoms with Crippen LogP contribution in [-0.4, -0.2) is 32.3 Å². The van der Waals surface area contributed by atoms with Crippen LogP contribution in [0.25, 0.3) is 0 Å². The van der Waals surface area contributed by atoms with Crippen LogP contribution in [0.5, 0.6) is 5.75 Å². The molecule has 0 unspecified atom stereocenters. The van der Waals surface area contributed by atoms with Crippen LogP contribution in [-0.2, 0) is 6.54 Å². The first-order valence-corrected chi connectivity index (χ1v) is 10.4. The number of carbonyl (C=O) groups excluding carboxylic acids is 1. The van der Waals surface area contributed by atoms with Crippen molar-refractivity contribution in [2.24, 2.45) is 0 Å². The molecule has 0 radical (unpaired) electrons. The molecule has 3 aromatic rings. The number of ether oxygens (including phenoxy) is 1. The fraction of sp³-hybridized carbons (Fsp3) is 0.150. The Balaban J connectivity index is 1.62. The van der Waals surface area contributed by atoms with Crippen LogP contribution in [0.4, 0.5) is 11.4 Å². The number of nitrogens with zero attached hydrogens (tertiary/aromatic N) is 3. The number of nitrogens with one attached hydrogen (secondary N) is 2. The number of anilines is 1. The van der Waals surface area contributed by atoms with Gasteiger partial charge in [0, 0.05) is 11.8 Å². The van der Waals surface area contributed by atoms with Crippen LogP contribution >= 0.6 is 28.1 Å². The summed E-state index contributed by atoms with van der Waals surface area (Å²) in [4.78, 5) is 23.2. The molecule has 9 nitrogen and oxygen atoms in total. The van der Waals surface area contributed by atoms with Gasteiger partial charge in [0.2, 0.25) is 0 Å². The Hall–Kier alpha value is -3.31. The molecular weight excluding hydrogens is 486 g/mol. The third kappa shape index (κ3) is 6.09. The van der Waals surface area contributed by atoms with Crippen LogP contribution in [0.1, 0.15) is 22.8 Å². The van der Waals surface area contributed by atoms with E-state index in [2.05, 4.69) is 31.7 Å². The molecule has 2 N–H and O–H groups in total. The number of aromatic nitrogens is 2. The van der Waals surface area contributed by atoms with Crippen molar-refractivity contribution in [2.45, 2.75) is 13.5 Å². The molecule has 0 bridgehead atoms. The molecule has 1 heterocycles. The Morgan fingerprint density at radius 2 is 2.03 bits per heavy atom. The normalized spacial score (nSPS) is 10.4. The second kappa shape index (κ2) is 10.1. The van der Waals surface area contributed by atoms with E-state index in [1.807, 2.05) is 18.3 Å². The minimum absolute atomic E-state index is 0.0530. The molecular formula is C20H18BrN5O4S. The molecule has 0 aliphatic rings. The van der Waals surface area contributed by atoms with Gasteiger partial charge in [0.1, 0.15) is 11.4 Å². The van der Waals surface area contributed by atoms with Crippen molar-refractivity contribution in [3.05, 3.63) is 80.6 Å². The summed E-state index contributed by atoms with van der Waals surface area (Å²) in [5.41, 5.74) is 1.31. The predicted molar refractivity (Wildman–Crippen MR) is 123 cm³/mol. The average Bonchev–Trinajstić information content (AvgIpc) is 3.14. The van der Waals surface area contributed by atoms with E-state index in [1.54, 1.807) is 36.0 Å².